The van der Waals surface area contributed by atoms with E-state index < -0.39 is 0 Å². The van der Waals surface area contributed by atoms with Crippen LogP contribution in [0.25, 0.3) is 0 Å². The van der Waals surface area contributed by atoms with E-state index in [0.29, 0.717) is 11.6 Å². The molecular formula is C16H18N2O2. The Labute approximate surface area is 118 Å². The number of methoxy groups -OCH3 is 1. The molecule has 0 amide bonds. The number of pyridine rings is 1. The summed E-state index contributed by atoms with van der Waals surface area (Å²) in [5.74, 6) is 2.23. The van der Waals surface area contributed by atoms with Crippen molar-refractivity contribution in [1.29, 1.82) is 0 Å². The maximum atomic E-state index is 5.85. The van der Waals surface area contributed by atoms with Crippen molar-refractivity contribution in [3.05, 3.63) is 47.8 Å². The Morgan fingerprint density at radius 1 is 1.35 bits per heavy atom. The lowest BCUT2D eigenvalue weighted by Crippen LogP contribution is -2.22. The fourth-order valence-electron chi connectivity index (χ4n) is 2.63. The van der Waals surface area contributed by atoms with Crippen LogP contribution in [-0.4, -0.2) is 18.7 Å². The Balaban J connectivity index is 1.72. The van der Waals surface area contributed by atoms with E-state index in [1.165, 1.54) is 5.56 Å². The lowest BCUT2D eigenvalue weighted by molar-refractivity contribution is 0.220. The first-order valence-corrected chi connectivity index (χ1v) is 6.73. The normalized spacial score (nSPS) is 17.1. The van der Waals surface area contributed by atoms with Crippen LogP contribution in [0.5, 0.6) is 11.5 Å². The van der Waals surface area contributed by atoms with Crippen LogP contribution < -0.4 is 15.2 Å². The molecule has 3 rings (SSSR count). The Hall–Kier alpha value is -2.23. The van der Waals surface area contributed by atoms with Crippen molar-refractivity contribution < 1.29 is 9.47 Å². The second-order valence-corrected chi connectivity index (χ2v) is 5.19. The summed E-state index contributed by atoms with van der Waals surface area (Å²) in [6.07, 6.45) is 5.49. The highest BCUT2D eigenvalue weighted by Crippen LogP contribution is 2.32. The SMILES string of the molecule is COc1ccc2c(c1)OCC(Cc1cncc(N)c1)C2. The van der Waals surface area contributed by atoms with Gasteiger partial charge in [0.25, 0.3) is 0 Å². The molecule has 2 N–H and O–H groups in total. The van der Waals surface area contributed by atoms with Crippen LogP contribution in [0.15, 0.2) is 36.7 Å². The molecule has 2 aromatic rings. The average molecular weight is 270 g/mol. The molecule has 0 spiro atoms. The van der Waals surface area contributed by atoms with Gasteiger partial charge in [-0.15, -0.1) is 0 Å². The highest BCUT2D eigenvalue weighted by atomic mass is 16.5. The van der Waals surface area contributed by atoms with E-state index >= 15 is 0 Å². The molecule has 2 heterocycles. The summed E-state index contributed by atoms with van der Waals surface area (Å²) in [6.45, 7) is 0.717. The lowest BCUT2D eigenvalue weighted by Gasteiger charge is -2.25. The van der Waals surface area contributed by atoms with Crippen LogP contribution in [0.1, 0.15) is 11.1 Å². The van der Waals surface area contributed by atoms with Crippen molar-refractivity contribution in [3.63, 3.8) is 0 Å². The minimum absolute atomic E-state index is 0.458. The van der Waals surface area contributed by atoms with Gasteiger partial charge >= 0.3 is 0 Å². The van der Waals surface area contributed by atoms with Gasteiger partial charge in [0.2, 0.25) is 0 Å². The van der Waals surface area contributed by atoms with Crippen LogP contribution in [0.3, 0.4) is 0 Å². The number of anilines is 1. The first-order valence-electron chi connectivity index (χ1n) is 6.73. The van der Waals surface area contributed by atoms with Gasteiger partial charge in [-0.1, -0.05) is 6.07 Å². The minimum Gasteiger partial charge on any atom is -0.497 e. The van der Waals surface area contributed by atoms with Gasteiger partial charge < -0.3 is 15.2 Å². The number of fused-ring (bicyclic) bond motifs is 1. The first-order chi connectivity index (χ1) is 9.74. The molecule has 1 aromatic heterocycles. The van der Waals surface area contributed by atoms with Crippen molar-refractivity contribution in [1.82, 2.24) is 4.98 Å². The Morgan fingerprint density at radius 2 is 2.25 bits per heavy atom. The molecule has 0 fully saturated rings. The fraction of sp³-hybridized carbons (Fsp3) is 0.312. The van der Waals surface area contributed by atoms with Gasteiger partial charge in [-0.3, -0.25) is 4.98 Å². The topological polar surface area (TPSA) is 57.4 Å². The number of nitrogens with zero attached hydrogens (tertiary/aromatic N) is 1. The van der Waals surface area contributed by atoms with Crippen LogP contribution in [-0.2, 0) is 12.8 Å². The summed E-state index contributed by atoms with van der Waals surface area (Å²) in [5, 5.41) is 0. The molecule has 4 nitrogen and oxygen atoms in total. The molecule has 0 bridgehead atoms. The van der Waals surface area contributed by atoms with Gasteiger partial charge in [0.15, 0.2) is 0 Å². The first kappa shape index (κ1) is 12.8. The molecule has 0 radical (unpaired) electrons. The third-order valence-electron chi connectivity index (χ3n) is 3.60. The summed E-state index contributed by atoms with van der Waals surface area (Å²) in [7, 11) is 1.67. The largest absolute Gasteiger partial charge is 0.497 e. The number of hydrogen-bond donors (Lipinski definition) is 1. The molecule has 1 aromatic carbocycles. The fourth-order valence-corrected chi connectivity index (χ4v) is 2.63. The lowest BCUT2D eigenvalue weighted by atomic mass is 9.91. The van der Waals surface area contributed by atoms with Crippen molar-refractivity contribution in [3.8, 4) is 11.5 Å². The predicted octanol–water partition coefficient (Wildman–Crippen LogP) is 2.47. The van der Waals surface area contributed by atoms with E-state index in [1.54, 1.807) is 13.3 Å². The zero-order valence-electron chi connectivity index (χ0n) is 11.5. The summed E-state index contributed by atoms with van der Waals surface area (Å²) in [5.41, 5.74) is 8.87. The molecule has 104 valence electrons. The Morgan fingerprint density at radius 3 is 3.05 bits per heavy atom. The third kappa shape index (κ3) is 2.69. The van der Waals surface area contributed by atoms with Gasteiger partial charge in [0.05, 0.1) is 19.4 Å². The standard InChI is InChI=1S/C16H18N2O2/c1-19-15-3-2-13-5-12(10-20-16(13)7-15)4-11-6-14(17)9-18-8-11/h2-3,6-9,12H,4-5,10,17H2,1H3. The monoisotopic (exact) mass is 270 g/mol. The molecule has 0 saturated carbocycles. The number of ether oxygens (including phenoxy) is 2. The zero-order chi connectivity index (χ0) is 13.9. The van der Waals surface area contributed by atoms with Crippen molar-refractivity contribution in [2.75, 3.05) is 19.5 Å². The van der Waals surface area contributed by atoms with E-state index in [9.17, 15) is 0 Å². The van der Waals surface area contributed by atoms with Gasteiger partial charge in [0.1, 0.15) is 11.5 Å². The zero-order valence-corrected chi connectivity index (χ0v) is 11.5. The molecule has 1 aliphatic rings. The number of rotatable bonds is 3. The van der Waals surface area contributed by atoms with E-state index in [-0.39, 0.29) is 0 Å². The minimum atomic E-state index is 0.458. The van der Waals surface area contributed by atoms with Gasteiger partial charge in [-0.25, -0.2) is 0 Å². The van der Waals surface area contributed by atoms with Crippen LogP contribution in [0.4, 0.5) is 5.69 Å². The quantitative estimate of drug-likeness (QED) is 0.930. The maximum Gasteiger partial charge on any atom is 0.126 e. The van der Waals surface area contributed by atoms with E-state index in [2.05, 4.69) is 11.1 Å². The van der Waals surface area contributed by atoms with Gasteiger partial charge in [-0.2, -0.15) is 0 Å². The van der Waals surface area contributed by atoms with Crippen LogP contribution in [0, 0.1) is 5.92 Å². The Bertz CT molecular complexity index is 613. The number of nitrogens with two attached hydrogens (primary N) is 1. The smallest absolute Gasteiger partial charge is 0.126 e. The Kier molecular flexibility index (Phi) is 3.46. The van der Waals surface area contributed by atoms with E-state index in [4.69, 9.17) is 15.2 Å². The van der Waals surface area contributed by atoms with Gasteiger partial charge in [-0.05, 0) is 36.1 Å². The molecule has 4 heteroatoms. The van der Waals surface area contributed by atoms with Gasteiger partial charge in [0, 0.05) is 24.4 Å². The maximum absolute atomic E-state index is 5.85. The van der Waals surface area contributed by atoms with Crippen LogP contribution in [0.2, 0.25) is 0 Å². The number of benzene rings is 1. The number of nitrogen functional groups attached to an aromatic ring is 1. The second kappa shape index (κ2) is 5.41. The van der Waals surface area contributed by atoms with Crippen molar-refractivity contribution in [2.24, 2.45) is 5.92 Å². The van der Waals surface area contributed by atoms with E-state index in [1.807, 2.05) is 24.4 Å². The number of hydrogen-bond acceptors (Lipinski definition) is 4. The summed E-state index contributed by atoms with van der Waals surface area (Å²) in [6, 6.07) is 7.99. The molecule has 0 saturated heterocycles. The average Bonchev–Trinajstić information content (AvgIpc) is 2.47. The molecule has 1 atom stereocenters. The highest BCUT2D eigenvalue weighted by molar-refractivity contribution is 5.42. The molecule has 20 heavy (non-hydrogen) atoms. The molecule has 1 aliphatic heterocycles. The van der Waals surface area contributed by atoms with Crippen molar-refractivity contribution in [2.45, 2.75) is 12.8 Å². The number of aromatic nitrogens is 1. The molecule has 1 unspecified atom stereocenters. The third-order valence-corrected chi connectivity index (χ3v) is 3.60. The molecular weight excluding hydrogens is 252 g/mol. The summed E-state index contributed by atoms with van der Waals surface area (Å²) >= 11 is 0. The van der Waals surface area contributed by atoms with Crippen LogP contribution >= 0.6 is 0 Å². The van der Waals surface area contributed by atoms with Crippen molar-refractivity contribution >= 4 is 5.69 Å². The highest BCUT2D eigenvalue weighted by Gasteiger charge is 2.20. The summed E-state index contributed by atoms with van der Waals surface area (Å²) < 4.78 is 11.1. The molecule has 0 aliphatic carbocycles. The predicted molar refractivity (Wildman–Crippen MR) is 78.0 cm³/mol. The summed E-state index contributed by atoms with van der Waals surface area (Å²) in [4.78, 5) is 4.13. The van der Waals surface area contributed by atoms with E-state index in [0.717, 1.165) is 36.5 Å². The second-order valence-electron chi connectivity index (χ2n) is 5.19.